The lowest BCUT2D eigenvalue weighted by Gasteiger charge is -2.21. The minimum absolute atomic E-state index is 0.169. The van der Waals surface area contributed by atoms with Gasteiger partial charge in [-0.3, -0.25) is 23.4 Å². The predicted octanol–water partition coefficient (Wildman–Crippen LogP) is -0.403. The van der Waals surface area contributed by atoms with Gasteiger partial charge in [-0.1, -0.05) is 19.8 Å². The van der Waals surface area contributed by atoms with E-state index in [-0.39, 0.29) is 6.61 Å². The Labute approximate surface area is 170 Å². The Balaban J connectivity index is 2.08. The van der Waals surface area contributed by atoms with E-state index in [9.17, 15) is 28.9 Å². The number of aromatic amines is 1. The molecule has 1 saturated heterocycles. The third-order valence-electron chi connectivity index (χ3n) is 4.06. The number of hydrogen-bond acceptors (Lipinski definition) is 10. The van der Waals surface area contributed by atoms with E-state index in [0.29, 0.717) is 12.8 Å². The van der Waals surface area contributed by atoms with Crippen molar-refractivity contribution in [1.29, 1.82) is 0 Å². The van der Waals surface area contributed by atoms with Crippen molar-refractivity contribution in [3.8, 4) is 0 Å². The molecule has 0 radical (unpaired) electrons. The molecule has 172 valence electrons. The Kier molecular flexibility index (Phi) is 8.71. The average molecular weight is 474 g/mol. The van der Waals surface area contributed by atoms with Gasteiger partial charge in [0.05, 0.1) is 13.2 Å². The first kappa shape index (κ1) is 25.1. The highest BCUT2D eigenvalue weighted by molar-refractivity contribution is 7.61. The number of nitrogens with one attached hydrogen (secondary N) is 1. The van der Waals surface area contributed by atoms with Gasteiger partial charge in [-0.05, 0) is 6.42 Å². The maximum Gasteiger partial charge on any atom is 0.483 e. The maximum absolute atomic E-state index is 12.5. The lowest BCUT2D eigenvalue weighted by Crippen LogP contribution is -2.37. The summed E-state index contributed by atoms with van der Waals surface area (Å²) in [4.78, 5) is 42.9. The number of hydrogen-bond donors (Lipinski definition) is 5. The van der Waals surface area contributed by atoms with Crippen LogP contribution in [-0.4, -0.2) is 61.1 Å². The van der Waals surface area contributed by atoms with Crippen molar-refractivity contribution in [2.24, 2.45) is 0 Å². The zero-order chi connectivity index (χ0) is 22.5. The highest BCUT2D eigenvalue weighted by atomic mass is 31.3. The molecule has 30 heavy (non-hydrogen) atoms. The molecule has 1 aliphatic heterocycles. The molecular weight excluding hydrogens is 450 g/mol. The van der Waals surface area contributed by atoms with E-state index in [1.165, 1.54) is 0 Å². The fourth-order valence-corrected chi connectivity index (χ4v) is 4.81. The lowest BCUT2D eigenvalue weighted by atomic mass is 10.1. The van der Waals surface area contributed by atoms with Crippen molar-refractivity contribution < 1.29 is 47.2 Å². The van der Waals surface area contributed by atoms with E-state index in [2.05, 4.69) is 4.31 Å². The second-order valence-electron chi connectivity index (χ2n) is 6.42. The number of phosphoric acid groups is 2. The van der Waals surface area contributed by atoms with Crippen LogP contribution in [0.3, 0.4) is 0 Å². The van der Waals surface area contributed by atoms with Gasteiger partial charge < -0.3 is 24.7 Å². The summed E-state index contributed by atoms with van der Waals surface area (Å²) in [7, 11) is -9.99. The van der Waals surface area contributed by atoms with Crippen LogP contribution in [0.2, 0.25) is 0 Å². The van der Waals surface area contributed by atoms with E-state index in [4.69, 9.17) is 23.6 Å². The van der Waals surface area contributed by atoms with Crippen LogP contribution < -0.4 is 11.2 Å². The van der Waals surface area contributed by atoms with Crippen LogP contribution in [0.4, 0.5) is 0 Å². The summed E-state index contributed by atoms with van der Waals surface area (Å²) in [6.07, 6.45) is -3.06. The van der Waals surface area contributed by atoms with Crippen LogP contribution in [0.1, 0.15) is 32.4 Å². The standard InChI is InChI=1S/C14H24N2O12P2/c1-2-3-4-7-25-30(24,28-29(21,22)23)26-8-9-11(18)12(19)13(27-9)16-6-5-10(17)15-14(16)20/h5-6,9,11-13,18-19H,2-4,7-8H2,1H3,(H,15,17,20)(H2,21,22,23)/t9-,11-,12-,13-,30?/m1/s1. The third kappa shape index (κ3) is 6.92. The number of aliphatic hydroxyl groups excluding tert-OH is 2. The van der Waals surface area contributed by atoms with Crippen molar-refractivity contribution in [2.75, 3.05) is 13.2 Å². The number of unbranched alkanes of at least 4 members (excludes halogenated alkanes) is 2. The summed E-state index contributed by atoms with van der Waals surface area (Å²) in [5.41, 5.74) is -1.59. The molecule has 5 N–H and O–H groups in total. The van der Waals surface area contributed by atoms with Gasteiger partial charge in [0.1, 0.15) is 18.3 Å². The second kappa shape index (κ2) is 10.4. The van der Waals surface area contributed by atoms with Crippen LogP contribution in [0.25, 0.3) is 0 Å². The second-order valence-corrected chi connectivity index (χ2v) is 9.46. The molecule has 2 heterocycles. The molecule has 0 aromatic carbocycles. The van der Waals surface area contributed by atoms with Crippen molar-refractivity contribution in [3.63, 3.8) is 0 Å². The average Bonchev–Trinajstić information content (AvgIpc) is 2.91. The molecule has 1 unspecified atom stereocenters. The molecule has 1 aromatic rings. The Morgan fingerprint density at radius 3 is 2.47 bits per heavy atom. The molecule has 1 aliphatic rings. The van der Waals surface area contributed by atoms with E-state index in [1.54, 1.807) is 0 Å². The number of rotatable bonds is 11. The molecule has 0 saturated carbocycles. The molecule has 16 heteroatoms. The Morgan fingerprint density at radius 1 is 1.17 bits per heavy atom. The number of H-pyrrole nitrogens is 1. The highest BCUT2D eigenvalue weighted by Crippen LogP contribution is 2.61. The summed E-state index contributed by atoms with van der Waals surface area (Å²) < 4.78 is 43.8. The third-order valence-corrected chi connectivity index (χ3v) is 6.68. The first-order valence-electron chi connectivity index (χ1n) is 8.95. The van der Waals surface area contributed by atoms with Crippen LogP contribution >= 0.6 is 15.6 Å². The zero-order valence-corrected chi connectivity index (χ0v) is 17.7. The lowest BCUT2D eigenvalue weighted by molar-refractivity contribution is -0.0551. The Morgan fingerprint density at radius 2 is 1.87 bits per heavy atom. The minimum atomic E-state index is -5.25. The quantitative estimate of drug-likeness (QED) is 0.205. The SMILES string of the molecule is CCCCCOP(=O)(OC[C@H]1O[C@@H](n2ccc(=O)[nH]c2=O)[C@H](O)[C@@H]1O)OP(=O)(O)O. The minimum Gasteiger partial charge on any atom is -0.387 e. The van der Waals surface area contributed by atoms with Gasteiger partial charge in [-0.25, -0.2) is 13.9 Å². The number of aliphatic hydroxyl groups is 2. The van der Waals surface area contributed by atoms with Crippen LogP contribution in [0.15, 0.2) is 21.9 Å². The number of nitrogens with zero attached hydrogens (tertiary/aromatic N) is 1. The molecular formula is C14H24N2O12P2. The summed E-state index contributed by atoms with van der Waals surface area (Å²) in [6, 6.07) is 1.000. The molecule has 5 atom stereocenters. The monoisotopic (exact) mass is 474 g/mol. The molecule has 2 rings (SSSR count). The van der Waals surface area contributed by atoms with Crippen LogP contribution in [0, 0.1) is 0 Å². The van der Waals surface area contributed by atoms with Crippen LogP contribution in [0.5, 0.6) is 0 Å². The summed E-state index contributed by atoms with van der Waals surface area (Å²) in [5.74, 6) is 0. The zero-order valence-electron chi connectivity index (χ0n) is 15.9. The normalized spacial score (nSPS) is 26.6. The summed E-state index contributed by atoms with van der Waals surface area (Å²) >= 11 is 0. The number of aromatic nitrogens is 2. The van der Waals surface area contributed by atoms with E-state index >= 15 is 0 Å². The summed E-state index contributed by atoms with van der Waals surface area (Å²) in [5, 5.41) is 20.3. The van der Waals surface area contributed by atoms with Crippen molar-refractivity contribution in [3.05, 3.63) is 33.1 Å². The summed E-state index contributed by atoms with van der Waals surface area (Å²) in [6.45, 7) is 0.978. The number of ether oxygens (including phenoxy) is 1. The van der Waals surface area contributed by atoms with Crippen LogP contribution in [-0.2, 0) is 27.2 Å². The van der Waals surface area contributed by atoms with Crippen molar-refractivity contribution in [2.45, 2.75) is 50.7 Å². The van der Waals surface area contributed by atoms with Gasteiger partial charge in [0, 0.05) is 12.3 Å². The molecule has 0 bridgehead atoms. The molecule has 14 nitrogen and oxygen atoms in total. The topological polar surface area (TPSA) is 207 Å². The first-order chi connectivity index (χ1) is 14.0. The van der Waals surface area contributed by atoms with Gasteiger partial charge in [0.25, 0.3) is 5.56 Å². The molecule has 1 aromatic heterocycles. The highest BCUT2D eigenvalue weighted by Gasteiger charge is 2.46. The van der Waals surface area contributed by atoms with Gasteiger partial charge in [-0.2, -0.15) is 4.31 Å². The Bertz CT molecular complexity index is 911. The fraction of sp³-hybridized carbons (Fsp3) is 0.714. The molecule has 0 amide bonds. The largest absolute Gasteiger partial charge is 0.483 e. The van der Waals surface area contributed by atoms with Gasteiger partial charge in [0.2, 0.25) is 0 Å². The van der Waals surface area contributed by atoms with Crippen molar-refractivity contribution >= 4 is 15.6 Å². The predicted molar refractivity (Wildman–Crippen MR) is 99.4 cm³/mol. The van der Waals surface area contributed by atoms with E-state index in [0.717, 1.165) is 23.3 Å². The van der Waals surface area contributed by atoms with Gasteiger partial charge >= 0.3 is 21.3 Å². The maximum atomic E-state index is 12.5. The van der Waals surface area contributed by atoms with E-state index < -0.39 is 58.0 Å². The molecule has 0 spiro atoms. The Hall–Kier alpha value is -1.18. The first-order valence-corrected chi connectivity index (χ1v) is 11.9. The van der Waals surface area contributed by atoms with Gasteiger partial charge in [0.15, 0.2) is 6.23 Å². The fourth-order valence-electron chi connectivity index (χ4n) is 2.63. The van der Waals surface area contributed by atoms with Gasteiger partial charge in [-0.15, -0.1) is 0 Å². The van der Waals surface area contributed by atoms with E-state index in [1.807, 2.05) is 11.9 Å². The number of phosphoric ester groups is 1. The smallest absolute Gasteiger partial charge is 0.387 e. The van der Waals surface area contributed by atoms with Crippen molar-refractivity contribution in [1.82, 2.24) is 9.55 Å². The molecule has 0 aliphatic carbocycles. The molecule has 1 fully saturated rings.